The molecule has 4 rings (SSSR count). The van der Waals surface area contributed by atoms with Crippen molar-refractivity contribution in [1.82, 2.24) is 29.5 Å². The molecule has 0 saturated heterocycles. The Morgan fingerprint density at radius 2 is 1.90 bits per heavy atom. The van der Waals surface area contributed by atoms with Crippen LogP contribution < -0.4 is 5.69 Å². The lowest BCUT2D eigenvalue weighted by molar-refractivity contribution is 0.0965. The number of aromatic nitrogens is 6. The molecule has 0 aliphatic rings. The lowest BCUT2D eigenvalue weighted by atomic mass is 10.1. The van der Waals surface area contributed by atoms with Crippen LogP contribution in [-0.4, -0.2) is 35.3 Å². The van der Waals surface area contributed by atoms with E-state index in [0.717, 1.165) is 15.1 Å². The second-order valence-electron chi connectivity index (χ2n) is 6.62. The first-order valence-corrected chi connectivity index (χ1v) is 9.18. The maximum absolute atomic E-state index is 12.9. The topological polar surface area (TPSA) is 101 Å². The molecule has 10 heteroatoms. The highest BCUT2D eigenvalue weighted by Crippen LogP contribution is 2.21. The highest BCUT2D eigenvalue weighted by atomic mass is 35.5. The van der Waals surface area contributed by atoms with Crippen LogP contribution in [0.4, 0.5) is 0 Å². The van der Waals surface area contributed by atoms with Crippen molar-refractivity contribution < 1.29 is 9.32 Å². The summed E-state index contributed by atoms with van der Waals surface area (Å²) in [6.45, 7) is 5.23. The summed E-state index contributed by atoms with van der Waals surface area (Å²) in [6.07, 6.45) is 0. The minimum Gasteiger partial charge on any atom is -0.360 e. The Morgan fingerprint density at radius 3 is 2.59 bits per heavy atom. The van der Waals surface area contributed by atoms with E-state index in [1.54, 1.807) is 43.3 Å². The van der Waals surface area contributed by atoms with Crippen LogP contribution in [0, 0.1) is 20.8 Å². The predicted molar refractivity (Wildman–Crippen MR) is 105 cm³/mol. The molecule has 0 fully saturated rings. The zero-order chi connectivity index (χ0) is 20.7. The van der Waals surface area contributed by atoms with Gasteiger partial charge < -0.3 is 4.52 Å². The molecule has 9 nitrogen and oxygen atoms in total. The fourth-order valence-corrected chi connectivity index (χ4v) is 3.44. The molecule has 0 saturated carbocycles. The molecule has 0 spiro atoms. The number of Topliss-reactive ketones (excluding diaryl/α,β-unsaturated/α-hetero) is 1. The third kappa shape index (κ3) is 3.29. The number of carbonyl (C=O) groups excluding carboxylic acids is 1. The van der Waals surface area contributed by atoms with Gasteiger partial charge >= 0.3 is 5.69 Å². The molecule has 1 aromatic carbocycles. The van der Waals surface area contributed by atoms with Crippen LogP contribution in [0.3, 0.4) is 0 Å². The van der Waals surface area contributed by atoms with Crippen LogP contribution >= 0.6 is 11.6 Å². The Kier molecular flexibility index (Phi) is 4.67. The standard InChI is InChI=1S/C19H17ClN6O3/c1-11-8-14(13(3)25(11)18-9-12(2)29-21-18)17(27)10-24-19(28)26(23-22-24)16-7-5-4-6-15(16)20/h4-9H,10H2,1-3H3. The largest absolute Gasteiger partial charge is 0.368 e. The van der Waals surface area contributed by atoms with Gasteiger partial charge in [-0.3, -0.25) is 9.36 Å². The molecule has 29 heavy (non-hydrogen) atoms. The minimum absolute atomic E-state index is 0.245. The van der Waals surface area contributed by atoms with E-state index in [2.05, 4.69) is 15.6 Å². The van der Waals surface area contributed by atoms with Crippen LogP contribution in [0.5, 0.6) is 0 Å². The number of tetrazole rings is 1. The Balaban J connectivity index is 1.65. The monoisotopic (exact) mass is 412 g/mol. The Morgan fingerprint density at radius 1 is 1.14 bits per heavy atom. The molecule has 0 aliphatic heterocycles. The van der Waals surface area contributed by atoms with E-state index < -0.39 is 5.69 Å². The SMILES string of the molecule is Cc1cc(-n2c(C)cc(C(=O)Cn3nnn(-c4ccccc4Cl)c3=O)c2C)no1. The van der Waals surface area contributed by atoms with E-state index >= 15 is 0 Å². The number of hydrogen-bond acceptors (Lipinski definition) is 6. The van der Waals surface area contributed by atoms with Crippen molar-refractivity contribution >= 4 is 17.4 Å². The number of aryl methyl sites for hydroxylation is 2. The average molecular weight is 413 g/mol. The zero-order valence-electron chi connectivity index (χ0n) is 16.0. The van der Waals surface area contributed by atoms with Gasteiger partial charge in [0.25, 0.3) is 0 Å². The maximum atomic E-state index is 12.9. The van der Waals surface area contributed by atoms with Gasteiger partial charge in [-0.1, -0.05) is 28.9 Å². The third-order valence-corrected chi connectivity index (χ3v) is 4.91. The lowest BCUT2D eigenvalue weighted by Crippen LogP contribution is -2.27. The van der Waals surface area contributed by atoms with E-state index in [1.807, 2.05) is 18.4 Å². The highest BCUT2D eigenvalue weighted by molar-refractivity contribution is 6.32. The molecule has 0 bridgehead atoms. The summed E-state index contributed by atoms with van der Waals surface area (Å²) in [5, 5.41) is 12.0. The van der Waals surface area contributed by atoms with Crippen molar-refractivity contribution in [3.05, 3.63) is 74.6 Å². The summed E-state index contributed by atoms with van der Waals surface area (Å²) in [7, 11) is 0. The highest BCUT2D eigenvalue weighted by Gasteiger charge is 2.21. The lowest BCUT2D eigenvalue weighted by Gasteiger charge is -2.05. The van der Waals surface area contributed by atoms with E-state index in [1.165, 1.54) is 0 Å². The van der Waals surface area contributed by atoms with Crippen molar-refractivity contribution in [2.24, 2.45) is 0 Å². The molecule has 0 radical (unpaired) electrons. The van der Waals surface area contributed by atoms with Gasteiger partial charge in [0.2, 0.25) is 0 Å². The minimum atomic E-state index is -0.549. The van der Waals surface area contributed by atoms with Crippen LogP contribution in [-0.2, 0) is 6.54 Å². The van der Waals surface area contributed by atoms with Crippen molar-refractivity contribution in [2.45, 2.75) is 27.3 Å². The molecule has 3 aromatic heterocycles. The molecule has 0 amide bonds. The van der Waals surface area contributed by atoms with Crippen LogP contribution in [0.2, 0.25) is 5.02 Å². The number of hydrogen-bond donors (Lipinski definition) is 0. The molecule has 148 valence electrons. The van der Waals surface area contributed by atoms with Gasteiger partial charge in [-0.05, 0) is 49.4 Å². The molecule has 0 atom stereocenters. The van der Waals surface area contributed by atoms with Crippen molar-refractivity contribution in [2.75, 3.05) is 0 Å². The number of rotatable bonds is 5. The van der Waals surface area contributed by atoms with Gasteiger partial charge in [0.1, 0.15) is 12.3 Å². The Hall–Kier alpha value is -3.46. The Bertz CT molecular complexity index is 1280. The fourth-order valence-electron chi connectivity index (χ4n) is 3.23. The quantitative estimate of drug-likeness (QED) is 0.467. The van der Waals surface area contributed by atoms with E-state index in [9.17, 15) is 9.59 Å². The first kappa shape index (κ1) is 18.9. The summed E-state index contributed by atoms with van der Waals surface area (Å²) in [6, 6.07) is 10.3. The molecular weight excluding hydrogens is 396 g/mol. The van der Waals surface area contributed by atoms with Crippen LogP contribution in [0.15, 0.2) is 45.7 Å². The summed E-state index contributed by atoms with van der Waals surface area (Å²) < 4.78 is 9.04. The third-order valence-electron chi connectivity index (χ3n) is 4.59. The van der Waals surface area contributed by atoms with Crippen molar-refractivity contribution in [1.29, 1.82) is 0 Å². The van der Waals surface area contributed by atoms with Crippen LogP contribution in [0.1, 0.15) is 27.5 Å². The number of benzene rings is 1. The van der Waals surface area contributed by atoms with Gasteiger partial charge in [-0.25, -0.2) is 4.79 Å². The number of para-hydroxylation sites is 1. The number of halogens is 1. The molecule has 3 heterocycles. The first-order valence-electron chi connectivity index (χ1n) is 8.80. The second-order valence-corrected chi connectivity index (χ2v) is 7.03. The smallest absolute Gasteiger partial charge is 0.360 e. The van der Waals surface area contributed by atoms with E-state index in [0.29, 0.717) is 33.5 Å². The number of nitrogens with zero attached hydrogens (tertiary/aromatic N) is 6. The molecule has 0 N–H and O–H groups in total. The van der Waals surface area contributed by atoms with E-state index in [4.69, 9.17) is 16.1 Å². The van der Waals surface area contributed by atoms with Crippen molar-refractivity contribution in [3.63, 3.8) is 0 Å². The van der Waals surface area contributed by atoms with Crippen LogP contribution in [0.25, 0.3) is 11.5 Å². The predicted octanol–water partition coefficient (Wildman–Crippen LogP) is 2.67. The van der Waals surface area contributed by atoms with E-state index in [-0.39, 0.29) is 12.3 Å². The second kappa shape index (κ2) is 7.17. The summed E-state index contributed by atoms with van der Waals surface area (Å²) in [4.78, 5) is 25.5. The molecule has 0 aliphatic carbocycles. The van der Waals surface area contributed by atoms with Gasteiger partial charge in [-0.2, -0.15) is 9.36 Å². The zero-order valence-corrected chi connectivity index (χ0v) is 16.7. The van der Waals surface area contributed by atoms with Crippen molar-refractivity contribution in [3.8, 4) is 11.5 Å². The normalized spacial score (nSPS) is 11.2. The summed E-state index contributed by atoms with van der Waals surface area (Å²) in [5.41, 5.74) is 1.85. The Labute approximate surface area is 170 Å². The molecule has 0 unspecified atom stereocenters. The van der Waals surface area contributed by atoms with Gasteiger partial charge in [-0.15, -0.1) is 0 Å². The summed E-state index contributed by atoms with van der Waals surface area (Å²) in [5.74, 6) is 0.999. The number of ketones is 1. The average Bonchev–Trinajstić information content (AvgIpc) is 3.34. The van der Waals surface area contributed by atoms with Gasteiger partial charge in [0.15, 0.2) is 11.6 Å². The summed E-state index contributed by atoms with van der Waals surface area (Å²) >= 11 is 6.12. The first-order chi connectivity index (χ1) is 13.9. The number of carbonyl (C=O) groups is 1. The molecular formula is C19H17ClN6O3. The fraction of sp³-hybridized carbons (Fsp3) is 0.211. The maximum Gasteiger partial charge on any atom is 0.368 e. The van der Waals surface area contributed by atoms with Gasteiger partial charge in [0.05, 0.1) is 10.7 Å². The van der Waals surface area contributed by atoms with Gasteiger partial charge in [0, 0.05) is 23.0 Å². The molecule has 4 aromatic rings.